The van der Waals surface area contributed by atoms with Crippen molar-refractivity contribution < 1.29 is 9.53 Å². The zero-order valence-electron chi connectivity index (χ0n) is 19.2. The minimum Gasteiger partial charge on any atom is -0.441 e. The van der Waals surface area contributed by atoms with Gasteiger partial charge in [0, 0.05) is 43.2 Å². The first-order valence-corrected chi connectivity index (χ1v) is 11.9. The van der Waals surface area contributed by atoms with E-state index < -0.39 is 0 Å². The number of carbonyl (C=O) groups is 1. The van der Waals surface area contributed by atoms with E-state index >= 15 is 0 Å². The zero-order chi connectivity index (χ0) is 23.0. The van der Waals surface area contributed by atoms with Crippen LogP contribution in [0.3, 0.4) is 0 Å². The van der Waals surface area contributed by atoms with Gasteiger partial charge in [0.25, 0.3) is 0 Å². The SMILES string of the molecule is Cc1cc(CN2CCC3(CC2)CN(c2ccccc2)C(=O)O3)cc(C)c1-c1ccc(Cl)cc1. The summed E-state index contributed by atoms with van der Waals surface area (Å²) in [6.07, 6.45) is 1.50. The van der Waals surface area contributed by atoms with Crippen LogP contribution in [0.2, 0.25) is 5.02 Å². The van der Waals surface area contributed by atoms with Gasteiger partial charge in [-0.1, -0.05) is 54.1 Å². The van der Waals surface area contributed by atoms with Crippen LogP contribution in [-0.4, -0.2) is 36.2 Å². The fourth-order valence-electron chi connectivity index (χ4n) is 5.28. The van der Waals surface area contributed by atoms with E-state index in [9.17, 15) is 4.79 Å². The molecule has 2 fully saturated rings. The Morgan fingerprint density at radius 3 is 2.21 bits per heavy atom. The van der Waals surface area contributed by atoms with Crippen LogP contribution < -0.4 is 4.90 Å². The molecular formula is C28H29ClN2O2. The van der Waals surface area contributed by atoms with Crippen molar-refractivity contribution in [1.82, 2.24) is 4.90 Å². The van der Waals surface area contributed by atoms with Crippen LogP contribution in [0, 0.1) is 13.8 Å². The lowest BCUT2D eigenvalue weighted by atomic mass is 9.90. The van der Waals surface area contributed by atoms with E-state index in [1.165, 1.54) is 27.8 Å². The van der Waals surface area contributed by atoms with E-state index in [1.54, 1.807) is 4.90 Å². The molecule has 2 heterocycles. The number of piperidine rings is 1. The molecule has 2 saturated heterocycles. The van der Waals surface area contributed by atoms with Crippen LogP contribution in [0.1, 0.15) is 29.5 Å². The largest absolute Gasteiger partial charge is 0.441 e. The molecule has 5 rings (SSSR count). The lowest BCUT2D eigenvalue weighted by Crippen LogP contribution is -2.46. The molecule has 0 unspecified atom stereocenters. The van der Waals surface area contributed by atoms with Crippen molar-refractivity contribution in [2.45, 2.75) is 38.8 Å². The predicted molar refractivity (Wildman–Crippen MR) is 134 cm³/mol. The molecule has 0 aromatic heterocycles. The molecule has 1 amide bonds. The zero-order valence-corrected chi connectivity index (χ0v) is 19.9. The van der Waals surface area contributed by atoms with E-state index in [2.05, 4.69) is 43.0 Å². The summed E-state index contributed by atoms with van der Waals surface area (Å²) in [5.74, 6) is 0. The number of carbonyl (C=O) groups excluding carboxylic acids is 1. The van der Waals surface area contributed by atoms with E-state index in [-0.39, 0.29) is 11.7 Å². The molecule has 5 heteroatoms. The molecular weight excluding hydrogens is 432 g/mol. The van der Waals surface area contributed by atoms with Crippen molar-refractivity contribution in [3.05, 3.63) is 88.4 Å². The third-order valence-electron chi connectivity index (χ3n) is 6.94. The van der Waals surface area contributed by atoms with Gasteiger partial charge in [-0.05, 0) is 65.9 Å². The molecule has 0 N–H and O–H groups in total. The maximum Gasteiger partial charge on any atom is 0.415 e. The highest BCUT2D eigenvalue weighted by atomic mass is 35.5. The fraction of sp³-hybridized carbons (Fsp3) is 0.321. The van der Waals surface area contributed by atoms with Gasteiger partial charge >= 0.3 is 6.09 Å². The quantitative estimate of drug-likeness (QED) is 0.438. The molecule has 1 spiro atoms. The molecule has 3 aromatic rings. The monoisotopic (exact) mass is 460 g/mol. The average Bonchev–Trinajstić information content (AvgIpc) is 3.13. The molecule has 170 valence electrons. The standard InChI is InChI=1S/C28H29ClN2O2/c1-20-16-22(17-21(2)26(20)23-8-10-24(29)11-9-23)18-30-14-12-28(13-15-30)19-31(27(32)33-28)25-6-4-3-5-7-25/h3-11,16-17H,12-15,18-19H2,1-2H3. The van der Waals surface area contributed by atoms with Crippen LogP contribution in [0.4, 0.5) is 10.5 Å². The Morgan fingerprint density at radius 2 is 1.58 bits per heavy atom. The molecule has 4 nitrogen and oxygen atoms in total. The minimum absolute atomic E-state index is 0.223. The molecule has 2 aliphatic rings. The fourth-order valence-corrected chi connectivity index (χ4v) is 5.41. The number of hydrogen-bond acceptors (Lipinski definition) is 3. The first kappa shape index (κ1) is 22.0. The van der Waals surface area contributed by atoms with Crippen molar-refractivity contribution in [3.63, 3.8) is 0 Å². The van der Waals surface area contributed by atoms with Gasteiger partial charge in [-0.3, -0.25) is 9.80 Å². The van der Waals surface area contributed by atoms with Crippen LogP contribution in [0.25, 0.3) is 11.1 Å². The topological polar surface area (TPSA) is 32.8 Å². The third kappa shape index (κ3) is 4.50. The Morgan fingerprint density at radius 1 is 0.939 bits per heavy atom. The maximum atomic E-state index is 12.5. The number of para-hydroxylation sites is 1. The summed E-state index contributed by atoms with van der Waals surface area (Å²) in [6, 6.07) is 22.5. The van der Waals surface area contributed by atoms with E-state index in [0.717, 1.165) is 43.2 Å². The summed E-state index contributed by atoms with van der Waals surface area (Å²) < 4.78 is 5.92. The number of likely N-dealkylation sites (tertiary alicyclic amines) is 1. The van der Waals surface area contributed by atoms with Crippen molar-refractivity contribution >= 4 is 23.4 Å². The average molecular weight is 461 g/mol. The van der Waals surface area contributed by atoms with E-state index in [4.69, 9.17) is 16.3 Å². The van der Waals surface area contributed by atoms with Gasteiger partial charge in [0.05, 0.1) is 6.54 Å². The number of aryl methyl sites for hydroxylation is 2. The second kappa shape index (κ2) is 8.85. The van der Waals surface area contributed by atoms with Gasteiger partial charge in [-0.2, -0.15) is 0 Å². The molecule has 3 aromatic carbocycles. The molecule has 2 aliphatic heterocycles. The molecule has 33 heavy (non-hydrogen) atoms. The van der Waals surface area contributed by atoms with Gasteiger partial charge < -0.3 is 4.74 Å². The van der Waals surface area contributed by atoms with Gasteiger partial charge in [0.15, 0.2) is 0 Å². The summed E-state index contributed by atoms with van der Waals surface area (Å²) in [4.78, 5) is 16.8. The number of rotatable bonds is 4. The third-order valence-corrected chi connectivity index (χ3v) is 7.19. The minimum atomic E-state index is -0.367. The van der Waals surface area contributed by atoms with Gasteiger partial charge in [-0.25, -0.2) is 4.79 Å². The van der Waals surface area contributed by atoms with Crippen LogP contribution in [0.15, 0.2) is 66.7 Å². The molecule has 0 radical (unpaired) electrons. The van der Waals surface area contributed by atoms with Crippen molar-refractivity contribution in [2.75, 3.05) is 24.5 Å². The lowest BCUT2D eigenvalue weighted by molar-refractivity contribution is -0.000978. The van der Waals surface area contributed by atoms with Crippen LogP contribution in [-0.2, 0) is 11.3 Å². The highest BCUT2D eigenvalue weighted by Gasteiger charge is 2.47. The Labute approximate surface area is 200 Å². The maximum absolute atomic E-state index is 12.5. The Hall–Kier alpha value is -2.82. The number of halogens is 1. The summed E-state index contributed by atoms with van der Waals surface area (Å²) in [6.45, 7) is 7.76. The molecule has 0 atom stereocenters. The van der Waals surface area contributed by atoms with Crippen molar-refractivity contribution in [2.24, 2.45) is 0 Å². The van der Waals surface area contributed by atoms with E-state index in [1.807, 2.05) is 42.5 Å². The molecule has 0 aliphatic carbocycles. The number of hydrogen-bond donors (Lipinski definition) is 0. The Balaban J connectivity index is 1.24. The number of nitrogens with zero attached hydrogens (tertiary/aromatic N) is 2. The Kier molecular flexibility index (Phi) is 5.90. The van der Waals surface area contributed by atoms with Gasteiger partial charge in [0.2, 0.25) is 0 Å². The lowest BCUT2D eigenvalue weighted by Gasteiger charge is -2.37. The number of amides is 1. The smallest absolute Gasteiger partial charge is 0.415 e. The summed E-state index contributed by atoms with van der Waals surface area (Å²) in [5, 5.41) is 0.758. The number of ether oxygens (including phenoxy) is 1. The number of anilines is 1. The first-order valence-electron chi connectivity index (χ1n) is 11.6. The van der Waals surface area contributed by atoms with Crippen LogP contribution >= 0.6 is 11.6 Å². The summed E-state index contributed by atoms with van der Waals surface area (Å²) in [5.41, 5.74) is 6.92. The molecule has 0 saturated carbocycles. The highest BCUT2D eigenvalue weighted by molar-refractivity contribution is 6.30. The second-order valence-electron chi connectivity index (χ2n) is 9.36. The van der Waals surface area contributed by atoms with Crippen molar-refractivity contribution in [1.29, 1.82) is 0 Å². The highest BCUT2D eigenvalue weighted by Crippen LogP contribution is 2.36. The van der Waals surface area contributed by atoms with Gasteiger partial charge in [0.1, 0.15) is 5.60 Å². The second-order valence-corrected chi connectivity index (χ2v) is 9.80. The van der Waals surface area contributed by atoms with Crippen LogP contribution in [0.5, 0.6) is 0 Å². The Bertz CT molecular complexity index is 1130. The number of benzene rings is 3. The first-order chi connectivity index (χ1) is 15.9. The van der Waals surface area contributed by atoms with E-state index in [0.29, 0.717) is 6.54 Å². The normalized spacial score (nSPS) is 18.0. The molecule has 0 bridgehead atoms. The summed E-state index contributed by atoms with van der Waals surface area (Å²) >= 11 is 6.07. The van der Waals surface area contributed by atoms with Crippen molar-refractivity contribution in [3.8, 4) is 11.1 Å². The summed E-state index contributed by atoms with van der Waals surface area (Å²) in [7, 11) is 0. The predicted octanol–water partition coefficient (Wildman–Crippen LogP) is 6.62. The van der Waals surface area contributed by atoms with Gasteiger partial charge in [-0.15, -0.1) is 0 Å².